The number of nitrogens with zero attached hydrogens (tertiary/aromatic N) is 8. The summed E-state index contributed by atoms with van der Waals surface area (Å²) in [4.78, 5) is 0. The molecule has 4 heterocycles. The molecule has 0 spiro atoms. The average molecular weight is 1100 g/mol. The molecule has 9 rings (SSSR count). The first kappa shape index (κ1) is 42.6. The van der Waals surface area contributed by atoms with Crippen molar-refractivity contribution in [2.75, 3.05) is 0 Å². The SMILES string of the molecule is Cc1ccn(-c2[c-]cc(-c3ccccc3)cc2)n1.Cc1ccn(-c2[c-]cccc2)n1.Oc1ccccc1-n1cccn1.Oc1ccccc1-n1cccn1.[Ir].[Ir]. The predicted octanol–water partition coefficient (Wildman–Crippen LogP) is 8.78. The summed E-state index contributed by atoms with van der Waals surface area (Å²) >= 11 is 0. The van der Waals surface area contributed by atoms with E-state index in [-0.39, 0.29) is 51.7 Å². The molecule has 0 aliphatic heterocycles. The van der Waals surface area contributed by atoms with E-state index in [4.69, 9.17) is 0 Å². The van der Waals surface area contributed by atoms with Crippen LogP contribution in [0.4, 0.5) is 0 Å². The van der Waals surface area contributed by atoms with E-state index in [0.29, 0.717) is 11.4 Å². The second-order valence-corrected chi connectivity index (χ2v) is 11.8. The van der Waals surface area contributed by atoms with Gasteiger partial charge in [-0.1, -0.05) is 60.2 Å². The van der Waals surface area contributed by atoms with Crippen LogP contribution < -0.4 is 0 Å². The fraction of sp³-hybridized carbons (Fsp3) is 0.0455. The molecular weight excluding hydrogens is 1060 g/mol. The summed E-state index contributed by atoms with van der Waals surface area (Å²) in [6.07, 6.45) is 10.8. The number of para-hydroxylation sites is 5. The molecular formula is C44H38Ir2N8O2-2. The van der Waals surface area contributed by atoms with Crippen LogP contribution in [0.15, 0.2) is 183 Å². The molecule has 56 heavy (non-hydrogen) atoms. The maximum absolute atomic E-state index is 9.42. The van der Waals surface area contributed by atoms with Crippen LogP contribution in [0.25, 0.3) is 33.9 Å². The van der Waals surface area contributed by atoms with E-state index in [2.05, 4.69) is 50.7 Å². The summed E-state index contributed by atoms with van der Waals surface area (Å²) < 4.78 is 6.89. The Hall–Kier alpha value is -6.16. The number of aromatic hydroxyl groups is 2. The van der Waals surface area contributed by atoms with Crippen molar-refractivity contribution in [2.45, 2.75) is 13.8 Å². The minimum absolute atomic E-state index is 0. The first-order valence-electron chi connectivity index (χ1n) is 17.1. The smallest absolute Gasteiger partial charge is 0.141 e. The quantitative estimate of drug-likeness (QED) is 0.167. The van der Waals surface area contributed by atoms with Gasteiger partial charge in [0, 0.05) is 77.4 Å². The van der Waals surface area contributed by atoms with Crippen LogP contribution in [0.3, 0.4) is 0 Å². The fourth-order valence-electron chi connectivity index (χ4n) is 5.13. The summed E-state index contributed by atoms with van der Waals surface area (Å²) in [5.74, 6) is 0.474. The topological polar surface area (TPSA) is 112 Å². The Labute approximate surface area is 353 Å². The van der Waals surface area contributed by atoms with Crippen molar-refractivity contribution in [3.63, 3.8) is 0 Å². The molecule has 5 aromatic carbocycles. The van der Waals surface area contributed by atoms with Gasteiger partial charge in [0.2, 0.25) is 0 Å². The molecule has 4 aromatic heterocycles. The number of phenols is 2. The molecule has 0 aliphatic carbocycles. The molecule has 0 fully saturated rings. The van der Waals surface area contributed by atoms with Crippen LogP contribution in [0.5, 0.6) is 11.5 Å². The van der Waals surface area contributed by atoms with Gasteiger partial charge in [-0.2, -0.15) is 62.9 Å². The summed E-state index contributed by atoms with van der Waals surface area (Å²) in [6, 6.07) is 52.3. The van der Waals surface area contributed by atoms with Crippen LogP contribution in [0.2, 0.25) is 0 Å². The van der Waals surface area contributed by atoms with Crippen LogP contribution in [-0.4, -0.2) is 49.3 Å². The van der Waals surface area contributed by atoms with Gasteiger partial charge in [-0.05, 0) is 73.8 Å². The Morgan fingerprint density at radius 1 is 0.446 bits per heavy atom. The van der Waals surface area contributed by atoms with E-state index >= 15 is 0 Å². The molecule has 286 valence electrons. The van der Waals surface area contributed by atoms with E-state index in [0.717, 1.165) is 22.8 Å². The van der Waals surface area contributed by atoms with Crippen molar-refractivity contribution < 1.29 is 50.4 Å². The van der Waals surface area contributed by atoms with E-state index < -0.39 is 0 Å². The minimum atomic E-state index is 0. The second kappa shape index (κ2) is 21.7. The Kier molecular flexibility index (Phi) is 16.5. The van der Waals surface area contributed by atoms with E-state index in [1.807, 2.05) is 139 Å². The molecule has 2 radical (unpaired) electrons. The Morgan fingerprint density at radius 2 is 0.946 bits per heavy atom. The van der Waals surface area contributed by atoms with Gasteiger partial charge in [-0.25, -0.2) is 9.36 Å². The van der Waals surface area contributed by atoms with Crippen LogP contribution in [0, 0.1) is 26.0 Å². The summed E-state index contributed by atoms with van der Waals surface area (Å²) in [6.45, 7) is 3.95. The van der Waals surface area contributed by atoms with E-state index in [1.165, 1.54) is 11.1 Å². The molecule has 0 aliphatic rings. The Morgan fingerprint density at radius 3 is 1.36 bits per heavy atom. The number of hydrogen-bond acceptors (Lipinski definition) is 6. The average Bonchev–Trinajstić information content (AvgIpc) is 4.07. The first-order chi connectivity index (χ1) is 26.4. The number of rotatable bonds is 5. The monoisotopic (exact) mass is 1100 g/mol. The molecule has 0 bridgehead atoms. The van der Waals surface area contributed by atoms with Gasteiger partial charge in [0.1, 0.15) is 22.9 Å². The van der Waals surface area contributed by atoms with E-state index in [9.17, 15) is 10.2 Å². The number of aromatic nitrogens is 8. The molecule has 0 amide bonds. The summed E-state index contributed by atoms with van der Waals surface area (Å²) in [5, 5.41) is 35.5. The number of benzene rings is 5. The van der Waals surface area contributed by atoms with Gasteiger partial charge < -0.3 is 10.2 Å². The van der Waals surface area contributed by atoms with Gasteiger partial charge in [-0.15, -0.1) is 17.7 Å². The zero-order chi connectivity index (χ0) is 37.5. The van der Waals surface area contributed by atoms with Gasteiger partial charge in [-0.3, -0.25) is 9.36 Å². The van der Waals surface area contributed by atoms with Gasteiger partial charge in [0.05, 0.1) is 11.4 Å². The molecule has 9 aromatic rings. The van der Waals surface area contributed by atoms with Crippen LogP contribution in [-0.2, 0) is 40.2 Å². The second-order valence-electron chi connectivity index (χ2n) is 11.8. The molecule has 2 N–H and O–H groups in total. The molecule has 0 unspecified atom stereocenters. The van der Waals surface area contributed by atoms with Gasteiger partial charge in [0.15, 0.2) is 0 Å². The van der Waals surface area contributed by atoms with Crippen LogP contribution >= 0.6 is 0 Å². The van der Waals surface area contributed by atoms with Crippen molar-refractivity contribution in [3.05, 3.63) is 206 Å². The minimum Gasteiger partial charge on any atom is -0.506 e. The fourth-order valence-corrected chi connectivity index (χ4v) is 5.13. The van der Waals surface area contributed by atoms with Gasteiger partial charge in [0.25, 0.3) is 0 Å². The van der Waals surface area contributed by atoms with E-state index in [1.54, 1.807) is 58.4 Å². The first-order valence-corrected chi connectivity index (χ1v) is 17.1. The normalized spacial score (nSPS) is 9.82. The number of aryl methyl sites for hydroxylation is 2. The van der Waals surface area contributed by atoms with Crippen molar-refractivity contribution in [1.29, 1.82) is 0 Å². The van der Waals surface area contributed by atoms with Crippen molar-refractivity contribution in [3.8, 4) is 45.4 Å². The third kappa shape index (κ3) is 11.9. The molecule has 0 atom stereocenters. The predicted molar refractivity (Wildman–Crippen MR) is 210 cm³/mol. The number of phenolic OH excluding ortho intramolecular Hbond substituents is 2. The van der Waals surface area contributed by atoms with Crippen molar-refractivity contribution >= 4 is 0 Å². The van der Waals surface area contributed by atoms with Gasteiger partial charge >= 0.3 is 0 Å². The Bertz CT molecular complexity index is 2360. The largest absolute Gasteiger partial charge is 0.506 e. The maximum atomic E-state index is 9.42. The maximum Gasteiger partial charge on any atom is 0.141 e. The zero-order valence-electron chi connectivity index (χ0n) is 30.5. The summed E-state index contributed by atoms with van der Waals surface area (Å²) in [5.41, 5.74) is 7.74. The zero-order valence-corrected chi connectivity index (χ0v) is 35.2. The Balaban J connectivity index is 0.000000167. The van der Waals surface area contributed by atoms with Crippen molar-refractivity contribution in [2.24, 2.45) is 0 Å². The molecule has 10 nitrogen and oxygen atoms in total. The molecule has 0 saturated heterocycles. The standard InChI is InChI=1S/C16H13N2.C10H9N2.2C9H8N2O.2Ir/c1-13-11-12-18(17-13)16-9-7-15(8-10-16)14-5-3-2-4-6-14;1-9-7-8-12(11-9)10-5-3-2-4-6-10;2*12-9-5-2-1-4-8(9)11-7-3-6-10-11;;/h2-9,11-12H,1H3;2-5,7-8H,1H3;2*1-7,12H;;/q2*-1;;;;. The number of hydrogen-bond donors (Lipinski definition) is 2. The third-order valence-electron chi connectivity index (χ3n) is 7.80. The van der Waals surface area contributed by atoms with Crippen molar-refractivity contribution in [1.82, 2.24) is 39.1 Å². The third-order valence-corrected chi connectivity index (χ3v) is 7.80. The molecule has 12 heteroatoms. The van der Waals surface area contributed by atoms with Crippen LogP contribution in [0.1, 0.15) is 11.4 Å². The molecule has 0 saturated carbocycles. The summed E-state index contributed by atoms with van der Waals surface area (Å²) in [7, 11) is 0.